The molecule has 0 radical (unpaired) electrons. The fourth-order valence-electron chi connectivity index (χ4n) is 3.80. The molecule has 0 saturated carbocycles. The summed E-state index contributed by atoms with van der Waals surface area (Å²) < 4.78 is 50.2. The van der Waals surface area contributed by atoms with Gasteiger partial charge in [0.1, 0.15) is 16.4 Å². The van der Waals surface area contributed by atoms with Crippen molar-refractivity contribution < 1.29 is 32.5 Å². The third-order valence-corrected chi connectivity index (χ3v) is 7.05. The molecule has 0 bridgehead atoms. The number of rotatable bonds is 9. The highest BCUT2D eigenvalue weighted by molar-refractivity contribution is 7.15. The average molecular weight is 508 g/mol. The molecule has 0 aliphatic heterocycles. The zero-order valence-corrected chi connectivity index (χ0v) is 21.0. The van der Waals surface area contributed by atoms with Crippen LogP contribution in [-0.2, 0) is 27.7 Å². The lowest BCUT2D eigenvalue weighted by Gasteiger charge is -2.26. The number of thiazole rings is 1. The van der Waals surface area contributed by atoms with Crippen molar-refractivity contribution in [1.82, 2.24) is 4.98 Å². The molecule has 3 aromatic rings. The second-order valence-electron chi connectivity index (χ2n) is 8.70. The van der Waals surface area contributed by atoms with E-state index >= 15 is 0 Å². The number of carbonyl (C=O) groups is 1. The van der Waals surface area contributed by atoms with E-state index in [-0.39, 0.29) is 6.42 Å². The number of ether oxygens (including phenoxy) is 2. The number of aromatic nitrogens is 1. The molecule has 0 saturated heterocycles. The number of carboxylic acids is 1. The molecule has 0 fully saturated rings. The van der Waals surface area contributed by atoms with Crippen molar-refractivity contribution in [3.05, 3.63) is 69.7 Å². The van der Waals surface area contributed by atoms with Crippen LogP contribution in [0.1, 0.15) is 48.0 Å². The van der Waals surface area contributed by atoms with Gasteiger partial charge >= 0.3 is 12.1 Å². The van der Waals surface area contributed by atoms with Gasteiger partial charge < -0.3 is 14.6 Å². The Hall–Kier alpha value is -2.91. The summed E-state index contributed by atoms with van der Waals surface area (Å²) in [7, 11) is 0. The Morgan fingerprint density at radius 2 is 1.77 bits per heavy atom. The van der Waals surface area contributed by atoms with Crippen molar-refractivity contribution in [2.24, 2.45) is 0 Å². The molecule has 0 spiro atoms. The number of benzene rings is 2. The summed E-state index contributed by atoms with van der Waals surface area (Å²) in [6.45, 7) is 9.62. The van der Waals surface area contributed by atoms with Gasteiger partial charge in [0.2, 0.25) is 0 Å². The van der Waals surface area contributed by atoms with Gasteiger partial charge in [-0.1, -0.05) is 18.2 Å². The normalized spacial score (nSPS) is 13.0. The fourth-order valence-corrected chi connectivity index (χ4v) is 4.91. The Bertz CT molecular complexity index is 1190. The van der Waals surface area contributed by atoms with E-state index in [2.05, 4.69) is 4.98 Å². The SMILES string of the molecule is CCOC(Cc1ccc(OC(C)(C)c2sc(-c3ccc(C(F)(F)F)cc3)nc2C)cc1C)C(=O)O. The van der Waals surface area contributed by atoms with Crippen LogP contribution in [0, 0.1) is 13.8 Å². The highest BCUT2D eigenvalue weighted by Gasteiger charge is 2.31. The van der Waals surface area contributed by atoms with Crippen molar-refractivity contribution in [1.29, 1.82) is 0 Å². The molecule has 1 unspecified atom stereocenters. The van der Waals surface area contributed by atoms with E-state index in [1.807, 2.05) is 39.8 Å². The molecule has 0 amide bonds. The number of halogens is 3. The van der Waals surface area contributed by atoms with E-state index in [1.54, 1.807) is 13.0 Å². The van der Waals surface area contributed by atoms with Crippen LogP contribution < -0.4 is 4.74 Å². The molecule has 3 rings (SSSR count). The lowest BCUT2D eigenvalue weighted by Crippen LogP contribution is -2.27. The van der Waals surface area contributed by atoms with Crippen molar-refractivity contribution in [3.63, 3.8) is 0 Å². The van der Waals surface area contributed by atoms with Gasteiger partial charge in [-0.3, -0.25) is 0 Å². The first-order valence-electron chi connectivity index (χ1n) is 11.1. The Labute approximate surface area is 206 Å². The van der Waals surface area contributed by atoms with Crippen LogP contribution in [0.15, 0.2) is 42.5 Å². The Balaban J connectivity index is 1.80. The van der Waals surface area contributed by atoms with E-state index in [0.29, 0.717) is 22.9 Å². The molecular weight excluding hydrogens is 479 g/mol. The second-order valence-corrected chi connectivity index (χ2v) is 9.69. The maximum absolute atomic E-state index is 12.9. The van der Waals surface area contributed by atoms with Gasteiger partial charge in [0, 0.05) is 18.6 Å². The van der Waals surface area contributed by atoms with Crippen LogP contribution in [0.5, 0.6) is 5.75 Å². The van der Waals surface area contributed by atoms with Gasteiger partial charge in [-0.05, 0) is 70.0 Å². The number of aliphatic carboxylic acids is 1. The summed E-state index contributed by atoms with van der Waals surface area (Å²) in [5.41, 5.74) is 1.63. The van der Waals surface area contributed by atoms with Crippen molar-refractivity contribution in [3.8, 4) is 16.3 Å². The number of aryl methyl sites for hydroxylation is 2. The molecule has 9 heteroatoms. The highest BCUT2D eigenvalue weighted by Crippen LogP contribution is 2.39. The van der Waals surface area contributed by atoms with Crippen LogP contribution in [0.4, 0.5) is 13.2 Å². The minimum absolute atomic E-state index is 0.253. The summed E-state index contributed by atoms with van der Waals surface area (Å²) >= 11 is 1.38. The van der Waals surface area contributed by atoms with Gasteiger partial charge in [-0.15, -0.1) is 11.3 Å². The maximum Gasteiger partial charge on any atom is 0.416 e. The van der Waals surface area contributed by atoms with Gasteiger partial charge in [0.05, 0.1) is 16.1 Å². The van der Waals surface area contributed by atoms with Crippen molar-refractivity contribution in [2.75, 3.05) is 6.61 Å². The Morgan fingerprint density at radius 1 is 1.11 bits per heavy atom. The van der Waals surface area contributed by atoms with Crippen LogP contribution in [0.2, 0.25) is 0 Å². The Kier molecular flexibility index (Phi) is 7.91. The van der Waals surface area contributed by atoms with Crippen molar-refractivity contribution in [2.45, 2.75) is 58.9 Å². The molecule has 1 aromatic heterocycles. The number of hydrogen-bond acceptors (Lipinski definition) is 5. The fraction of sp³-hybridized carbons (Fsp3) is 0.385. The minimum atomic E-state index is -4.39. The monoisotopic (exact) mass is 507 g/mol. The van der Waals surface area contributed by atoms with Gasteiger partial charge in [-0.25, -0.2) is 9.78 Å². The number of carboxylic acid groups (broad SMARTS) is 1. The first-order chi connectivity index (χ1) is 16.3. The molecule has 1 N–H and O–H groups in total. The Morgan fingerprint density at radius 3 is 2.31 bits per heavy atom. The van der Waals surface area contributed by atoms with Gasteiger partial charge in [-0.2, -0.15) is 13.2 Å². The van der Waals surface area contributed by atoms with Crippen LogP contribution in [0.25, 0.3) is 10.6 Å². The molecule has 5 nitrogen and oxygen atoms in total. The largest absolute Gasteiger partial charge is 0.482 e. The maximum atomic E-state index is 12.9. The van der Waals surface area contributed by atoms with Crippen LogP contribution in [0.3, 0.4) is 0 Å². The molecule has 35 heavy (non-hydrogen) atoms. The lowest BCUT2D eigenvalue weighted by atomic mass is 10.0. The van der Waals surface area contributed by atoms with E-state index in [0.717, 1.165) is 33.8 Å². The molecule has 1 heterocycles. The van der Waals surface area contributed by atoms with Gasteiger partial charge in [0.25, 0.3) is 0 Å². The highest BCUT2D eigenvalue weighted by atomic mass is 32.1. The van der Waals surface area contributed by atoms with E-state index in [4.69, 9.17) is 9.47 Å². The first-order valence-corrected chi connectivity index (χ1v) is 11.9. The number of hydrogen-bond donors (Lipinski definition) is 1. The standard InChI is InChI=1S/C26H28F3NO4S/c1-6-33-21(24(31)32)14-18-9-12-20(13-15(18)2)34-25(4,5)22-16(3)30-23(35-22)17-7-10-19(11-8-17)26(27,28)29/h7-13,21H,6,14H2,1-5H3,(H,31,32). The molecular formula is C26H28F3NO4S. The number of alkyl halides is 3. The predicted molar refractivity (Wildman–Crippen MR) is 129 cm³/mol. The van der Waals surface area contributed by atoms with Crippen LogP contribution >= 0.6 is 11.3 Å². The van der Waals surface area contributed by atoms with E-state index in [1.165, 1.54) is 23.5 Å². The molecule has 188 valence electrons. The quantitative estimate of drug-likeness (QED) is 0.345. The van der Waals surface area contributed by atoms with Crippen LogP contribution in [-0.4, -0.2) is 28.8 Å². The molecule has 1 atom stereocenters. The zero-order valence-electron chi connectivity index (χ0n) is 20.2. The van der Waals surface area contributed by atoms with E-state index in [9.17, 15) is 23.1 Å². The summed E-state index contributed by atoms with van der Waals surface area (Å²) in [6.07, 6.45) is -5.04. The predicted octanol–water partition coefficient (Wildman–Crippen LogP) is 6.79. The second kappa shape index (κ2) is 10.4. The summed E-state index contributed by atoms with van der Waals surface area (Å²) in [5, 5.41) is 9.96. The molecule has 2 aromatic carbocycles. The topological polar surface area (TPSA) is 68.7 Å². The number of nitrogens with zero attached hydrogens (tertiary/aromatic N) is 1. The van der Waals surface area contributed by atoms with E-state index < -0.39 is 29.4 Å². The third kappa shape index (κ3) is 6.41. The average Bonchev–Trinajstić information content (AvgIpc) is 3.17. The molecule has 0 aliphatic carbocycles. The summed E-state index contributed by atoms with van der Waals surface area (Å²) in [4.78, 5) is 16.8. The minimum Gasteiger partial charge on any atom is -0.482 e. The molecule has 0 aliphatic rings. The van der Waals surface area contributed by atoms with Gasteiger partial charge in [0.15, 0.2) is 6.10 Å². The smallest absolute Gasteiger partial charge is 0.416 e. The first kappa shape index (κ1) is 26.7. The zero-order chi connectivity index (χ0) is 26.0. The van der Waals surface area contributed by atoms with Crippen molar-refractivity contribution >= 4 is 17.3 Å². The third-order valence-electron chi connectivity index (χ3n) is 5.54. The summed E-state index contributed by atoms with van der Waals surface area (Å²) in [6, 6.07) is 10.4. The summed E-state index contributed by atoms with van der Waals surface area (Å²) in [5.74, 6) is -0.388. The lowest BCUT2D eigenvalue weighted by molar-refractivity contribution is -0.150.